The Balaban J connectivity index is 2.15. The van der Waals surface area contributed by atoms with E-state index in [2.05, 4.69) is 15.6 Å². The standard InChI is InChI=1S/C16H32N4O4/c1-4-24-16(21)20-9-6-14(7-10-20)19-15(17-2)18-8-5-11-23-13-12-22-3/h14H,4-13H2,1-3H3,(H2,17,18,19). The van der Waals surface area contributed by atoms with Gasteiger partial charge in [0.1, 0.15) is 0 Å². The van der Waals surface area contributed by atoms with E-state index in [4.69, 9.17) is 14.2 Å². The SMILES string of the molecule is CCOC(=O)N1CCC(NC(=NC)NCCCOCCOC)CC1. The fourth-order valence-electron chi connectivity index (χ4n) is 2.43. The van der Waals surface area contributed by atoms with Crippen molar-refractivity contribution < 1.29 is 19.0 Å². The number of piperidine rings is 1. The zero-order chi connectivity index (χ0) is 17.6. The molecule has 0 radical (unpaired) electrons. The van der Waals surface area contributed by atoms with Crippen molar-refractivity contribution in [2.75, 3.05) is 60.2 Å². The van der Waals surface area contributed by atoms with Crippen LogP contribution in [0.4, 0.5) is 4.79 Å². The molecule has 0 aromatic rings. The maximum absolute atomic E-state index is 11.7. The van der Waals surface area contributed by atoms with Gasteiger partial charge in [-0.05, 0) is 26.2 Å². The highest BCUT2D eigenvalue weighted by atomic mass is 16.6. The van der Waals surface area contributed by atoms with Crippen LogP contribution in [0.25, 0.3) is 0 Å². The Labute approximate surface area is 144 Å². The summed E-state index contributed by atoms with van der Waals surface area (Å²) in [4.78, 5) is 17.7. The van der Waals surface area contributed by atoms with Crippen molar-refractivity contribution in [1.82, 2.24) is 15.5 Å². The van der Waals surface area contributed by atoms with E-state index in [-0.39, 0.29) is 6.09 Å². The number of ether oxygens (including phenoxy) is 3. The minimum atomic E-state index is -0.216. The minimum Gasteiger partial charge on any atom is -0.450 e. The van der Waals surface area contributed by atoms with Crippen molar-refractivity contribution in [2.45, 2.75) is 32.2 Å². The summed E-state index contributed by atoms with van der Waals surface area (Å²) in [5.41, 5.74) is 0. The number of nitrogens with zero attached hydrogens (tertiary/aromatic N) is 2. The zero-order valence-corrected chi connectivity index (χ0v) is 15.2. The zero-order valence-electron chi connectivity index (χ0n) is 15.2. The summed E-state index contributed by atoms with van der Waals surface area (Å²) in [6, 6.07) is 0.319. The molecule has 0 saturated carbocycles. The molecule has 24 heavy (non-hydrogen) atoms. The van der Waals surface area contributed by atoms with Gasteiger partial charge in [0.25, 0.3) is 0 Å². The Morgan fingerprint density at radius 1 is 1.25 bits per heavy atom. The predicted octanol–water partition coefficient (Wildman–Crippen LogP) is 0.825. The second-order valence-corrected chi connectivity index (χ2v) is 5.56. The highest BCUT2D eigenvalue weighted by molar-refractivity contribution is 5.80. The van der Waals surface area contributed by atoms with Gasteiger partial charge in [0.2, 0.25) is 0 Å². The van der Waals surface area contributed by atoms with Gasteiger partial charge in [-0.1, -0.05) is 0 Å². The number of guanidine groups is 1. The van der Waals surface area contributed by atoms with Gasteiger partial charge in [-0.3, -0.25) is 4.99 Å². The van der Waals surface area contributed by atoms with E-state index in [9.17, 15) is 4.79 Å². The maximum Gasteiger partial charge on any atom is 0.409 e. The molecule has 8 heteroatoms. The monoisotopic (exact) mass is 344 g/mol. The molecule has 2 N–H and O–H groups in total. The van der Waals surface area contributed by atoms with Crippen LogP contribution in [0.1, 0.15) is 26.2 Å². The van der Waals surface area contributed by atoms with Crippen molar-refractivity contribution >= 4 is 12.1 Å². The number of carbonyl (C=O) groups excluding carboxylic acids is 1. The third-order valence-corrected chi connectivity index (χ3v) is 3.78. The molecule has 1 aliphatic heterocycles. The molecule has 8 nitrogen and oxygen atoms in total. The minimum absolute atomic E-state index is 0.216. The first-order chi connectivity index (χ1) is 11.7. The van der Waals surface area contributed by atoms with Gasteiger partial charge >= 0.3 is 6.09 Å². The van der Waals surface area contributed by atoms with Gasteiger partial charge in [-0.15, -0.1) is 0 Å². The largest absolute Gasteiger partial charge is 0.450 e. The topological polar surface area (TPSA) is 84.4 Å². The smallest absolute Gasteiger partial charge is 0.409 e. The van der Waals surface area contributed by atoms with Crippen LogP contribution in [-0.4, -0.2) is 83.2 Å². The molecule has 1 amide bonds. The van der Waals surface area contributed by atoms with Gasteiger partial charge in [-0.2, -0.15) is 0 Å². The molecule has 0 aliphatic carbocycles. The van der Waals surface area contributed by atoms with Crippen LogP contribution in [0.3, 0.4) is 0 Å². The van der Waals surface area contributed by atoms with Gasteiger partial charge in [-0.25, -0.2) is 4.79 Å². The highest BCUT2D eigenvalue weighted by Crippen LogP contribution is 2.11. The van der Waals surface area contributed by atoms with Gasteiger partial charge in [0.05, 0.1) is 19.8 Å². The molecule has 1 aliphatic rings. The summed E-state index contributed by atoms with van der Waals surface area (Å²) in [5.74, 6) is 0.793. The van der Waals surface area contributed by atoms with Crippen molar-refractivity contribution in [2.24, 2.45) is 4.99 Å². The molecular weight excluding hydrogens is 312 g/mol. The van der Waals surface area contributed by atoms with Crippen LogP contribution < -0.4 is 10.6 Å². The molecule has 1 heterocycles. The Kier molecular flexibility index (Phi) is 11.0. The van der Waals surface area contributed by atoms with Crippen molar-refractivity contribution in [3.63, 3.8) is 0 Å². The fraction of sp³-hybridized carbons (Fsp3) is 0.875. The second-order valence-electron chi connectivity index (χ2n) is 5.56. The lowest BCUT2D eigenvalue weighted by atomic mass is 10.1. The average Bonchev–Trinajstić information content (AvgIpc) is 2.60. The van der Waals surface area contributed by atoms with Crippen LogP contribution in [0.5, 0.6) is 0 Å². The summed E-state index contributed by atoms with van der Waals surface area (Å²) >= 11 is 0. The van der Waals surface area contributed by atoms with E-state index in [1.807, 2.05) is 6.92 Å². The second kappa shape index (κ2) is 12.8. The Morgan fingerprint density at radius 2 is 2.00 bits per heavy atom. The molecule has 0 atom stereocenters. The molecule has 0 aromatic heterocycles. The number of carbonyl (C=O) groups is 1. The van der Waals surface area contributed by atoms with E-state index in [0.717, 1.165) is 31.8 Å². The van der Waals surface area contributed by atoms with Gasteiger partial charge < -0.3 is 29.7 Å². The first kappa shape index (κ1) is 20.5. The van der Waals surface area contributed by atoms with E-state index in [0.29, 0.717) is 45.6 Å². The third-order valence-electron chi connectivity index (χ3n) is 3.78. The number of likely N-dealkylation sites (tertiary alicyclic amines) is 1. The normalized spacial score (nSPS) is 16.1. The Hall–Kier alpha value is -1.54. The number of aliphatic imine (C=N–C) groups is 1. The molecule has 1 saturated heterocycles. The Morgan fingerprint density at radius 3 is 2.62 bits per heavy atom. The number of methoxy groups -OCH3 is 1. The molecule has 0 spiro atoms. The van der Waals surface area contributed by atoms with Gasteiger partial charge in [0.15, 0.2) is 5.96 Å². The van der Waals surface area contributed by atoms with Crippen LogP contribution in [0.2, 0.25) is 0 Å². The van der Waals surface area contributed by atoms with Crippen LogP contribution in [0, 0.1) is 0 Å². The van der Waals surface area contributed by atoms with Crippen LogP contribution >= 0.6 is 0 Å². The number of rotatable bonds is 9. The molecule has 0 unspecified atom stereocenters. The molecule has 0 bridgehead atoms. The summed E-state index contributed by atoms with van der Waals surface area (Å²) in [6.45, 7) is 6.41. The first-order valence-electron chi connectivity index (χ1n) is 8.66. The van der Waals surface area contributed by atoms with Crippen molar-refractivity contribution in [3.8, 4) is 0 Å². The summed E-state index contributed by atoms with van der Waals surface area (Å²) in [6.07, 6.45) is 2.47. The van der Waals surface area contributed by atoms with E-state index >= 15 is 0 Å². The predicted molar refractivity (Wildman–Crippen MR) is 93.4 cm³/mol. The molecule has 1 fully saturated rings. The average molecular weight is 344 g/mol. The quantitative estimate of drug-likeness (QED) is 0.366. The maximum atomic E-state index is 11.7. The fourth-order valence-corrected chi connectivity index (χ4v) is 2.43. The number of amides is 1. The lowest BCUT2D eigenvalue weighted by Gasteiger charge is -2.32. The lowest BCUT2D eigenvalue weighted by molar-refractivity contribution is 0.0698. The lowest BCUT2D eigenvalue weighted by Crippen LogP contribution is -2.50. The number of nitrogens with one attached hydrogen (secondary N) is 2. The van der Waals surface area contributed by atoms with Gasteiger partial charge in [0, 0.05) is 46.4 Å². The van der Waals surface area contributed by atoms with Crippen molar-refractivity contribution in [3.05, 3.63) is 0 Å². The number of hydrogen-bond donors (Lipinski definition) is 2. The van der Waals surface area contributed by atoms with E-state index in [1.165, 1.54) is 0 Å². The van der Waals surface area contributed by atoms with Crippen LogP contribution in [-0.2, 0) is 14.2 Å². The Bertz CT molecular complexity index is 371. The summed E-state index contributed by atoms with van der Waals surface area (Å²) < 4.78 is 15.4. The highest BCUT2D eigenvalue weighted by Gasteiger charge is 2.23. The summed E-state index contributed by atoms with van der Waals surface area (Å²) in [5, 5.41) is 6.69. The molecular formula is C16H32N4O4. The van der Waals surface area contributed by atoms with Crippen molar-refractivity contribution in [1.29, 1.82) is 0 Å². The first-order valence-corrected chi connectivity index (χ1v) is 8.66. The third kappa shape index (κ3) is 8.35. The number of hydrogen-bond acceptors (Lipinski definition) is 5. The molecule has 140 valence electrons. The van der Waals surface area contributed by atoms with E-state index in [1.54, 1.807) is 19.1 Å². The molecule has 1 rings (SSSR count). The summed E-state index contributed by atoms with van der Waals surface area (Å²) in [7, 11) is 3.43. The molecule has 0 aromatic carbocycles. The van der Waals surface area contributed by atoms with E-state index < -0.39 is 0 Å². The van der Waals surface area contributed by atoms with Crippen LogP contribution in [0.15, 0.2) is 4.99 Å².